The van der Waals surface area contributed by atoms with Crippen LogP contribution in [-0.4, -0.2) is 6.54 Å². The number of hydrogen-bond donors (Lipinski definition) is 1. The first-order chi connectivity index (χ1) is 7.16. The van der Waals surface area contributed by atoms with Crippen molar-refractivity contribution in [3.05, 3.63) is 33.4 Å². The summed E-state index contributed by atoms with van der Waals surface area (Å²) in [5.74, 6) is 1.87. The van der Waals surface area contributed by atoms with Crippen molar-refractivity contribution in [3.8, 4) is 0 Å². The minimum Gasteiger partial charge on any atom is -0.310 e. The van der Waals surface area contributed by atoms with Crippen LogP contribution in [0.15, 0.2) is 24.3 Å². The third kappa shape index (κ3) is 3.18. The normalized spacial score (nSPS) is 26.3. The summed E-state index contributed by atoms with van der Waals surface area (Å²) in [6, 6.07) is 9.27. The van der Waals surface area contributed by atoms with Crippen LogP contribution in [0.3, 0.4) is 0 Å². The average molecular weight is 315 g/mol. The van der Waals surface area contributed by atoms with E-state index in [0.717, 1.165) is 11.8 Å². The van der Waals surface area contributed by atoms with E-state index in [-0.39, 0.29) is 0 Å². The third-order valence-corrected chi connectivity index (χ3v) is 4.05. The Bertz CT molecular complexity index is 320. The highest BCUT2D eigenvalue weighted by Gasteiger charge is 2.32. The molecule has 0 saturated heterocycles. The van der Waals surface area contributed by atoms with Gasteiger partial charge in [-0.1, -0.05) is 19.1 Å². The summed E-state index contributed by atoms with van der Waals surface area (Å²) in [6.07, 6.45) is 1.41. The smallest absolute Gasteiger partial charge is 0.0291 e. The highest BCUT2D eigenvalue weighted by atomic mass is 127. The fraction of sp³-hybridized carbons (Fsp3) is 0.538. The van der Waals surface area contributed by atoms with Gasteiger partial charge in [0.25, 0.3) is 0 Å². The van der Waals surface area contributed by atoms with Crippen molar-refractivity contribution in [2.45, 2.75) is 26.3 Å². The summed E-state index contributed by atoms with van der Waals surface area (Å²) in [6.45, 7) is 5.76. The molecule has 1 aromatic rings. The highest BCUT2D eigenvalue weighted by Crippen LogP contribution is 2.37. The topological polar surface area (TPSA) is 12.0 Å². The summed E-state index contributed by atoms with van der Waals surface area (Å²) in [5.41, 5.74) is 1.39. The van der Waals surface area contributed by atoms with Gasteiger partial charge in [-0.15, -0.1) is 0 Å². The van der Waals surface area contributed by atoms with E-state index < -0.39 is 0 Å². The van der Waals surface area contributed by atoms with Crippen LogP contribution in [0.2, 0.25) is 0 Å². The Morgan fingerprint density at radius 2 is 2.00 bits per heavy atom. The molecule has 1 N–H and O–H groups in total. The Morgan fingerprint density at radius 1 is 1.40 bits per heavy atom. The van der Waals surface area contributed by atoms with Crippen molar-refractivity contribution in [2.24, 2.45) is 11.8 Å². The molecule has 0 radical (unpaired) electrons. The second-order valence-electron chi connectivity index (χ2n) is 4.65. The molecule has 0 heterocycles. The molecule has 2 heteroatoms. The third-order valence-electron chi connectivity index (χ3n) is 3.33. The van der Waals surface area contributed by atoms with Gasteiger partial charge >= 0.3 is 0 Å². The quantitative estimate of drug-likeness (QED) is 0.837. The van der Waals surface area contributed by atoms with Crippen molar-refractivity contribution < 1.29 is 0 Å². The molecular formula is C13H18IN. The molecule has 1 aromatic carbocycles. The standard InChI is InChI=1S/C13H18IN/c1-9-7-12(9)8-15-10(2)11-3-5-13(14)6-4-11/h3-6,9-10,12,15H,7-8H2,1-2H3. The van der Waals surface area contributed by atoms with Crippen LogP contribution in [0.25, 0.3) is 0 Å². The molecule has 82 valence electrons. The van der Waals surface area contributed by atoms with Gasteiger partial charge in [-0.2, -0.15) is 0 Å². The summed E-state index contributed by atoms with van der Waals surface area (Å²) in [5, 5.41) is 3.61. The molecule has 1 aliphatic carbocycles. The lowest BCUT2D eigenvalue weighted by Crippen LogP contribution is -2.21. The van der Waals surface area contributed by atoms with Gasteiger partial charge in [-0.25, -0.2) is 0 Å². The molecule has 1 fully saturated rings. The summed E-state index contributed by atoms with van der Waals surface area (Å²) in [4.78, 5) is 0. The van der Waals surface area contributed by atoms with E-state index >= 15 is 0 Å². The zero-order valence-electron chi connectivity index (χ0n) is 9.33. The molecular weight excluding hydrogens is 297 g/mol. The first kappa shape index (κ1) is 11.4. The van der Waals surface area contributed by atoms with E-state index in [1.54, 1.807) is 0 Å². The first-order valence-electron chi connectivity index (χ1n) is 5.65. The van der Waals surface area contributed by atoms with E-state index in [1.165, 1.54) is 22.1 Å². The molecule has 0 aliphatic heterocycles. The second-order valence-corrected chi connectivity index (χ2v) is 5.90. The van der Waals surface area contributed by atoms with E-state index in [0.29, 0.717) is 6.04 Å². The van der Waals surface area contributed by atoms with Crippen LogP contribution >= 0.6 is 22.6 Å². The Hall–Kier alpha value is -0.0900. The van der Waals surface area contributed by atoms with E-state index in [2.05, 4.69) is 66.0 Å². The van der Waals surface area contributed by atoms with Crippen LogP contribution in [-0.2, 0) is 0 Å². The summed E-state index contributed by atoms with van der Waals surface area (Å²) >= 11 is 2.34. The zero-order chi connectivity index (χ0) is 10.8. The number of rotatable bonds is 4. The van der Waals surface area contributed by atoms with Gasteiger partial charge < -0.3 is 5.32 Å². The Labute approximate surface area is 106 Å². The van der Waals surface area contributed by atoms with Crippen LogP contribution in [0.4, 0.5) is 0 Å². The summed E-state index contributed by atoms with van der Waals surface area (Å²) in [7, 11) is 0. The number of nitrogens with one attached hydrogen (secondary N) is 1. The van der Waals surface area contributed by atoms with E-state index in [1.807, 2.05) is 0 Å². The SMILES string of the molecule is CC(NCC1CC1C)c1ccc(I)cc1. The fourth-order valence-corrected chi connectivity index (χ4v) is 2.24. The van der Waals surface area contributed by atoms with Crippen molar-refractivity contribution >= 4 is 22.6 Å². The number of hydrogen-bond acceptors (Lipinski definition) is 1. The molecule has 3 atom stereocenters. The van der Waals surface area contributed by atoms with E-state index in [4.69, 9.17) is 0 Å². The van der Waals surface area contributed by atoms with Gasteiger partial charge in [0.05, 0.1) is 0 Å². The van der Waals surface area contributed by atoms with Gasteiger partial charge in [0.1, 0.15) is 0 Å². The molecule has 1 saturated carbocycles. The molecule has 0 amide bonds. The van der Waals surface area contributed by atoms with Crippen LogP contribution in [0.1, 0.15) is 31.9 Å². The van der Waals surface area contributed by atoms with Gasteiger partial charge in [-0.3, -0.25) is 0 Å². The maximum atomic E-state index is 3.61. The minimum absolute atomic E-state index is 0.481. The minimum atomic E-state index is 0.481. The van der Waals surface area contributed by atoms with Crippen molar-refractivity contribution in [3.63, 3.8) is 0 Å². The van der Waals surface area contributed by atoms with Gasteiger partial charge in [0.15, 0.2) is 0 Å². The highest BCUT2D eigenvalue weighted by molar-refractivity contribution is 14.1. The number of benzene rings is 1. The largest absolute Gasteiger partial charge is 0.310 e. The molecule has 0 aromatic heterocycles. The van der Waals surface area contributed by atoms with Gasteiger partial charge in [-0.05, 0) is 72.0 Å². The van der Waals surface area contributed by atoms with Crippen molar-refractivity contribution in [1.82, 2.24) is 5.32 Å². The molecule has 3 unspecified atom stereocenters. The lowest BCUT2D eigenvalue weighted by molar-refractivity contribution is 0.535. The molecule has 1 aliphatic rings. The Balaban J connectivity index is 1.84. The number of halogens is 1. The second kappa shape index (κ2) is 4.83. The summed E-state index contributed by atoms with van der Waals surface area (Å²) < 4.78 is 1.30. The maximum Gasteiger partial charge on any atom is 0.0291 e. The van der Waals surface area contributed by atoms with Crippen molar-refractivity contribution in [1.29, 1.82) is 0 Å². The predicted octanol–water partition coefficient (Wildman–Crippen LogP) is 3.60. The fourth-order valence-electron chi connectivity index (χ4n) is 1.88. The lowest BCUT2D eigenvalue weighted by Gasteiger charge is -2.14. The molecule has 0 spiro atoms. The van der Waals surface area contributed by atoms with E-state index in [9.17, 15) is 0 Å². The van der Waals surface area contributed by atoms with Crippen LogP contribution < -0.4 is 5.32 Å². The molecule has 2 rings (SSSR count). The van der Waals surface area contributed by atoms with Gasteiger partial charge in [0.2, 0.25) is 0 Å². The zero-order valence-corrected chi connectivity index (χ0v) is 11.5. The molecule has 15 heavy (non-hydrogen) atoms. The predicted molar refractivity (Wildman–Crippen MR) is 72.8 cm³/mol. The first-order valence-corrected chi connectivity index (χ1v) is 6.73. The van der Waals surface area contributed by atoms with Crippen LogP contribution in [0, 0.1) is 15.4 Å². The Kier molecular flexibility index (Phi) is 3.67. The Morgan fingerprint density at radius 3 is 2.53 bits per heavy atom. The lowest BCUT2D eigenvalue weighted by atomic mass is 10.1. The maximum absolute atomic E-state index is 3.61. The van der Waals surface area contributed by atoms with Crippen LogP contribution in [0.5, 0.6) is 0 Å². The van der Waals surface area contributed by atoms with Gasteiger partial charge in [0, 0.05) is 9.61 Å². The molecule has 0 bridgehead atoms. The van der Waals surface area contributed by atoms with Crippen molar-refractivity contribution in [2.75, 3.05) is 6.54 Å². The monoisotopic (exact) mass is 315 g/mol. The average Bonchev–Trinajstić information content (AvgIpc) is 2.92. The molecule has 1 nitrogen and oxygen atoms in total.